The highest BCUT2D eigenvalue weighted by Gasteiger charge is 2.24. The Balaban J connectivity index is 2.01. The molecule has 18 heavy (non-hydrogen) atoms. The number of hydrogen-bond donors (Lipinski definition) is 2. The van der Waals surface area contributed by atoms with Crippen molar-refractivity contribution in [2.45, 2.75) is 19.3 Å². The second-order valence-corrected chi connectivity index (χ2v) is 5.68. The van der Waals surface area contributed by atoms with Crippen LogP contribution in [0.25, 0.3) is 0 Å². The van der Waals surface area contributed by atoms with E-state index in [0.29, 0.717) is 10.4 Å². The third kappa shape index (κ3) is 3.42. The standard InChI is InChI=1S/C13H17BrF2N2/c1-13(15,16)10-2-3-12(11(14)6-10)18-8-9-4-5-17-7-9/h2-3,6,9,17-18H,4-5,7-8H2,1H3. The minimum Gasteiger partial charge on any atom is -0.384 e. The highest BCUT2D eigenvalue weighted by atomic mass is 79.9. The first-order valence-corrected chi connectivity index (χ1v) is 6.88. The van der Waals surface area contributed by atoms with Crippen molar-refractivity contribution < 1.29 is 8.78 Å². The molecule has 0 amide bonds. The number of anilines is 1. The van der Waals surface area contributed by atoms with E-state index in [1.54, 1.807) is 6.07 Å². The van der Waals surface area contributed by atoms with Crippen molar-refractivity contribution in [1.29, 1.82) is 0 Å². The molecular weight excluding hydrogens is 302 g/mol. The highest BCUT2D eigenvalue weighted by molar-refractivity contribution is 9.10. The lowest BCUT2D eigenvalue weighted by Gasteiger charge is -2.15. The Kier molecular flexibility index (Phi) is 4.22. The van der Waals surface area contributed by atoms with Crippen LogP contribution in [0.15, 0.2) is 22.7 Å². The fourth-order valence-corrected chi connectivity index (χ4v) is 2.59. The van der Waals surface area contributed by atoms with Gasteiger partial charge in [0.15, 0.2) is 0 Å². The van der Waals surface area contributed by atoms with Gasteiger partial charge < -0.3 is 10.6 Å². The predicted octanol–water partition coefficient (Wildman–Crippen LogP) is 3.58. The molecule has 0 aliphatic carbocycles. The van der Waals surface area contributed by atoms with Gasteiger partial charge in [0.1, 0.15) is 0 Å². The number of halogens is 3. The molecule has 0 spiro atoms. The summed E-state index contributed by atoms with van der Waals surface area (Å²) in [6.45, 7) is 3.86. The zero-order valence-corrected chi connectivity index (χ0v) is 11.9. The van der Waals surface area contributed by atoms with E-state index in [0.717, 1.165) is 38.7 Å². The molecule has 0 aromatic heterocycles. The van der Waals surface area contributed by atoms with Gasteiger partial charge in [-0.05, 0) is 53.5 Å². The normalized spacial score (nSPS) is 20.1. The second-order valence-electron chi connectivity index (χ2n) is 4.82. The Hall–Kier alpha value is -0.680. The first-order chi connectivity index (χ1) is 8.47. The molecule has 1 aliphatic rings. The van der Waals surface area contributed by atoms with Gasteiger partial charge in [0, 0.05) is 29.2 Å². The third-order valence-corrected chi connectivity index (χ3v) is 3.88. The molecule has 2 N–H and O–H groups in total. The van der Waals surface area contributed by atoms with Crippen molar-refractivity contribution in [2.24, 2.45) is 5.92 Å². The SMILES string of the molecule is CC(F)(F)c1ccc(NCC2CCNC2)c(Br)c1. The fraction of sp³-hybridized carbons (Fsp3) is 0.538. The van der Waals surface area contributed by atoms with E-state index in [1.165, 1.54) is 12.1 Å². The topological polar surface area (TPSA) is 24.1 Å². The van der Waals surface area contributed by atoms with E-state index in [2.05, 4.69) is 26.6 Å². The van der Waals surface area contributed by atoms with Gasteiger partial charge in [0.05, 0.1) is 0 Å². The Morgan fingerprint density at radius 3 is 2.83 bits per heavy atom. The molecule has 0 radical (unpaired) electrons. The van der Waals surface area contributed by atoms with Crippen LogP contribution >= 0.6 is 15.9 Å². The van der Waals surface area contributed by atoms with Crippen LogP contribution < -0.4 is 10.6 Å². The van der Waals surface area contributed by atoms with E-state index in [9.17, 15) is 8.78 Å². The molecule has 1 aromatic rings. The lowest BCUT2D eigenvalue weighted by Crippen LogP contribution is -2.17. The molecule has 1 unspecified atom stereocenters. The molecule has 1 atom stereocenters. The van der Waals surface area contributed by atoms with E-state index < -0.39 is 5.92 Å². The van der Waals surface area contributed by atoms with Crippen molar-refractivity contribution in [3.8, 4) is 0 Å². The van der Waals surface area contributed by atoms with Gasteiger partial charge in [-0.25, -0.2) is 8.78 Å². The lowest BCUT2D eigenvalue weighted by atomic mass is 10.1. The second kappa shape index (κ2) is 5.53. The molecule has 2 rings (SSSR count). The first kappa shape index (κ1) is 13.7. The van der Waals surface area contributed by atoms with E-state index in [4.69, 9.17) is 0 Å². The van der Waals surface area contributed by atoms with Gasteiger partial charge in [-0.3, -0.25) is 0 Å². The lowest BCUT2D eigenvalue weighted by molar-refractivity contribution is 0.0174. The van der Waals surface area contributed by atoms with Crippen LogP contribution in [0.2, 0.25) is 0 Å². The number of nitrogens with one attached hydrogen (secondary N) is 2. The summed E-state index contributed by atoms with van der Waals surface area (Å²) < 4.78 is 27.0. The summed E-state index contributed by atoms with van der Waals surface area (Å²) in [5.41, 5.74) is 0.900. The number of rotatable bonds is 4. The summed E-state index contributed by atoms with van der Waals surface area (Å²) in [6.07, 6.45) is 1.16. The van der Waals surface area contributed by atoms with Gasteiger partial charge in [0.25, 0.3) is 5.92 Å². The largest absolute Gasteiger partial charge is 0.384 e. The van der Waals surface area contributed by atoms with Crippen molar-refractivity contribution in [3.05, 3.63) is 28.2 Å². The zero-order chi connectivity index (χ0) is 13.2. The van der Waals surface area contributed by atoms with Crippen molar-refractivity contribution in [3.63, 3.8) is 0 Å². The van der Waals surface area contributed by atoms with E-state index in [1.807, 2.05) is 0 Å². The van der Waals surface area contributed by atoms with Crippen LogP contribution in [0.5, 0.6) is 0 Å². The molecular formula is C13H17BrF2N2. The van der Waals surface area contributed by atoms with Crippen LogP contribution in [-0.2, 0) is 5.92 Å². The minimum absolute atomic E-state index is 0.0301. The predicted molar refractivity (Wildman–Crippen MR) is 73.2 cm³/mol. The zero-order valence-electron chi connectivity index (χ0n) is 10.3. The minimum atomic E-state index is -2.80. The van der Waals surface area contributed by atoms with Crippen LogP contribution in [0.4, 0.5) is 14.5 Å². The summed E-state index contributed by atoms with van der Waals surface area (Å²) in [4.78, 5) is 0. The Labute approximate surface area is 114 Å². The molecule has 1 fully saturated rings. The van der Waals surface area contributed by atoms with Crippen molar-refractivity contribution >= 4 is 21.6 Å². The number of benzene rings is 1. The van der Waals surface area contributed by atoms with Crippen LogP contribution in [0.1, 0.15) is 18.9 Å². The van der Waals surface area contributed by atoms with Crippen LogP contribution in [-0.4, -0.2) is 19.6 Å². The summed E-state index contributed by atoms with van der Waals surface area (Å²) in [5, 5.41) is 6.60. The summed E-state index contributed by atoms with van der Waals surface area (Å²) in [7, 11) is 0. The van der Waals surface area contributed by atoms with Gasteiger partial charge in [-0.1, -0.05) is 6.07 Å². The van der Waals surface area contributed by atoms with Gasteiger partial charge >= 0.3 is 0 Å². The van der Waals surface area contributed by atoms with Gasteiger partial charge in [0.2, 0.25) is 0 Å². The third-order valence-electron chi connectivity index (χ3n) is 3.22. The average molecular weight is 319 g/mol. The molecule has 100 valence electrons. The molecule has 0 saturated carbocycles. The van der Waals surface area contributed by atoms with Gasteiger partial charge in [-0.15, -0.1) is 0 Å². The Morgan fingerprint density at radius 1 is 1.50 bits per heavy atom. The maximum absolute atomic E-state index is 13.1. The monoisotopic (exact) mass is 318 g/mol. The average Bonchev–Trinajstić information content (AvgIpc) is 2.79. The molecule has 2 nitrogen and oxygen atoms in total. The molecule has 1 heterocycles. The summed E-state index contributed by atoms with van der Waals surface area (Å²) in [5.74, 6) is -2.18. The van der Waals surface area contributed by atoms with Crippen molar-refractivity contribution in [1.82, 2.24) is 5.32 Å². The van der Waals surface area contributed by atoms with E-state index >= 15 is 0 Å². The summed E-state index contributed by atoms with van der Waals surface area (Å²) >= 11 is 3.34. The first-order valence-electron chi connectivity index (χ1n) is 6.09. The van der Waals surface area contributed by atoms with Crippen molar-refractivity contribution in [2.75, 3.05) is 25.0 Å². The maximum Gasteiger partial charge on any atom is 0.270 e. The molecule has 1 saturated heterocycles. The number of hydrogen-bond acceptors (Lipinski definition) is 2. The van der Waals surface area contributed by atoms with E-state index in [-0.39, 0.29) is 5.56 Å². The molecule has 0 bridgehead atoms. The van der Waals surface area contributed by atoms with Crippen LogP contribution in [0, 0.1) is 5.92 Å². The highest BCUT2D eigenvalue weighted by Crippen LogP contribution is 2.32. The summed E-state index contributed by atoms with van der Waals surface area (Å²) in [6, 6.07) is 4.66. The quantitative estimate of drug-likeness (QED) is 0.886. The fourth-order valence-electron chi connectivity index (χ4n) is 2.07. The molecule has 5 heteroatoms. The molecule has 1 aromatic carbocycles. The molecule has 1 aliphatic heterocycles. The number of alkyl halides is 2. The Bertz CT molecular complexity index is 412. The maximum atomic E-state index is 13.1. The smallest absolute Gasteiger partial charge is 0.270 e. The van der Waals surface area contributed by atoms with Gasteiger partial charge in [-0.2, -0.15) is 0 Å². The van der Waals surface area contributed by atoms with Crippen LogP contribution in [0.3, 0.4) is 0 Å². The Morgan fingerprint density at radius 2 is 2.28 bits per heavy atom.